The maximum absolute atomic E-state index is 11.4. The molecule has 1 fully saturated rings. The van der Waals surface area contributed by atoms with Crippen molar-refractivity contribution in [1.82, 2.24) is 10.6 Å². The summed E-state index contributed by atoms with van der Waals surface area (Å²) in [4.78, 5) is 22.3. The zero-order chi connectivity index (χ0) is 13.5. The number of carbonyl (C=O) groups is 2. The third-order valence-electron chi connectivity index (χ3n) is 2.53. The van der Waals surface area contributed by atoms with Crippen LogP contribution in [0.15, 0.2) is 12.2 Å². The van der Waals surface area contributed by atoms with Crippen LogP contribution < -0.4 is 10.6 Å². The zero-order valence-electron chi connectivity index (χ0n) is 10.6. The van der Waals surface area contributed by atoms with E-state index >= 15 is 0 Å². The van der Waals surface area contributed by atoms with Gasteiger partial charge in [0.05, 0.1) is 13.2 Å². The molecule has 2 amide bonds. The molecule has 0 aromatic rings. The number of ether oxygens (including phenoxy) is 1. The second kappa shape index (κ2) is 7.00. The number of hydrogen-bond acceptors (Lipinski definition) is 3. The van der Waals surface area contributed by atoms with Gasteiger partial charge in [0.15, 0.2) is 0 Å². The molecule has 6 heteroatoms. The number of rotatable bonds is 8. The molecule has 1 aliphatic carbocycles. The number of amides is 2. The molecule has 0 heterocycles. The third kappa shape index (κ3) is 5.67. The van der Waals surface area contributed by atoms with Crippen molar-refractivity contribution >= 4 is 12.0 Å². The van der Waals surface area contributed by atoms with E-state index in [1.165, 1.54) is 0 Å². The lowest BCUT2D eigenvalue weighted by Gasteiger charge is -2.14. The van der Waals surface area contributed by atoms with Crippen LogP contribution in [-0.2, 0) is 9.53 Å². The quantitative estimate of drug-likeness (QED) is 0.441. The van der Waals surface area contributed by atoms with E-state index in [0.29, 0.717) is 19.8 Å². The molecule has 18 heavy (non-hydrogen) atoms. The lowest BCUT2D eigenvalue weighted by Crippen LogP contribution is -2.47. The van der Waals surface area contributed by atoms with Crippen molar-refractivity contribution in [2.45, 2.75) is 25.8 Å². The number of carboxylic acid groups (broad SMARTS) is 1. The Morgan fingerprint density at radius 1 is 1.50 bits per heavy atom. The number of carboxylic acids is 1. The summed E-state index contributed by atoms with van der Waals surface area (Å²) in [5, 5.41) is 13.9. The van der Waals surface area contributed by atoms with Gasteiger partial charge in [-0.2, -0.15) is 0 Å². The van der Waals surface area contributed by atoms with Crippen LogP contribution in [-0.4, -0.2) is 42.9 Å². The number of hydrogen-bond donors (Lipinski definition) is 3. The third-order valence-corrected chi connectivity index (χ3v) is 2.53. The Kier molecular flexibility index (Phi) is 5.64. The van der Waals surface area contributed by atoms with Crippen molar-refractivity contribution in [2.24, 2.45) is 5.92 Å². The molecule has 6 nitrogen and oxygen atoms in total. The summed E-state index contributed by atoms with van der Waals surface area (Å²) in [5.41, 5.74) is 0.916. The first-order valence-corrected chi connectivity index (χ1v) is 6.00. The average molecular weight is 256 g/mol. The van der Waals surface area contributed by atoms with Gasteiger partial charge in [0.2, 0.25) is 0 Å². The first-order chi connectivity index (χ1) is 8.50. The molecule has 1 rings (SSSR count). The van der Waals surface area contributed by atoms with Crippen molar-refractivity contribution < 1.29 is 19.4 Å². The van der Waals surface area contributed by atoms with Crippen molar-refractivity contribution in [2.75, 3.05) is 19.8 Å². The van der Waals surface area contributed by atoms with Gasteiger partial charge in [-0.1, -0.05) is 12.2 Å². The highest BCUT2D eigenvalue weighted by Gasteiger charge is 2.37. The van der Waals surface area contributed by atoms with Crippen LogP contribution >= 0.6 is 0 Å². The molecular formula is C12H20N2O4. The fourth-order valence-corrected chi connectivity index (χ4v) is 1.49. The van der Waals surface area contributed by atoms with E-state index in [2.05, 4.69) is 17.2 Å². The Hall–Kier alpha value is -1.56. The van der Waals surface area contributed by atoms with Gasteiger partial charge in [-0.05, 0) is 25.7 Å². The topological polar surface area (TPSA) is 87.7 Å². The van der Waals surface area contributed by atoms with Gasteiger partial charge in [0.1, 0.15) is 6.04 Å². The number of carbonyl (C=O) groups excluding carboxylic acids is 1. The van der Waals surface area contributed by atoms with E-state index in [9.17, 15) is 9.59 Å². The lowest BCUT2D eigenvalue weighted by molar-refractivity contribution is -0.139. The molecule has 1 unspecified atom stereocenters. The van der Waals surface area contributed by atoms with Gasteiger partial charge in [0, 0.05) is 6.54 Å². The Morgan fingerprint density at radius 3 is 2.67 bits per heavy atom. The normalized spacial score (nSPS) is 15.8. The number of nitrogens with one attached hydrogen (secondary N) is 2. The van der Waals surface area contributed by atoms with E-state index < -0.39 is 18.0 Å². The molecule has 1 atom stereocenters. The number of aliphatic carboxylic acids is 1. The smallest absolute Gasteiger partial charge is 0.326 e. The van der Waals surface area contributed by atoms with Crippen LogP contribution in [0.5, 0.6) is 0 Å². The van der Waals surface area contributed by atoms with E-state index in [0.717, 1.165) is 18.4 Å². The SMILES string of the molecule is C=C(C)COCCNC(=O)NC(C(=O)O)C1CC1. The summed E-state index contributed by atoms with van der Waals surface area (Å²) in [7, 11) is 0. The number of urea groups is 1. The second-order valence-corrected chi connectivity index (χ2v) is 4.56. The minimum absolute atomic E-state index is 0.0768. The monoisotopic (exact) mass is 256 g/mol. The fraction of sp³-hybridized carbons (Fsp3) is 0.667. The molecule has 0 saturated heterocycles. The fourth-order valence-electron chi connectivity index (χ4n) is 1.49. The van der Waals surface area contributed by atoms with Crippen LogP contribution in [0, 0.1) is 5.92 Å². The molecule has 0 bridgehead atoms. The molecular weight excluding hydrogens is 236 g/mol. The van der Waals surface area contributed by atoms with Gasteiger partial charge >= 0.3 is 12.0 Å². The average Bonchev–Trinajstić information content (AvgIpc) is 3.08. The van der Waals surface area contributed by atoms with Crippen LogP contribution in [0.1, 0.15) is 19.8 Å². The van der Waals surface area contributed by atoms with Crippen LogP contribution in [0.4, 0.5) is 4.79 Å². The van der Waals surface area contributed by atoms with Gasteiger partial charge in [-0.15, -0.1) is 0 Å². The Bertz CT molecular complexity index is 326. The maximum atomic E-state index is 11.4. The Balaban J connectivity index is 2.12. The van der Waals surface area contributed by atoms with Crippen LogP contribution in [0.2, 0.25) is 0 Å². The molecule has 1 saturated carbocycles. The molecule has 0 spiro atoms. The summed E-state index contributed by atoms with van der Waals surface area (Å²) < 4.78 is 5.20. The van der Waals surface area contributed by atoms with E-state index in [-0.39, 0.29) is 5.92 Å². The standard InChI is InChI=1S/C12H20N2O4/c1-8(2)7-18-6-5-13-12(17)14-10(11(15)16)9-3-4-9/h9-10H,1,3-7H2,2H3,(H,15,16)(H2,13,14,17). The summed E-state index contributed by atoms with van der Waals surface area (Å²) >= 11 is 0. The summed E-state index contributed by atoms with van der Waals surface area (Å²) in [5.74, 6) is -0.904. The Morgan fingerprint density at radius 2 is 2.17 bits per heavy atom. The molecule has 0 aromatic carbocycles. The highest BCUT2D eigenvalue weighted by atomic mass is 16.5. The highest BCUT2D eigenvalue weighted by Crippen LogP contribution is 2.32. The first kappa shape index (κ1) is 14.5. The maximum Gasteiger partial charge on any atom is 0.326 e. The van der Waals surface area contributed by atoms with Crippen molar-refractivity contribution in [1.29, 1.82) is 0 Å². The van der Waals surface area contributed by atoms with Crippen molar-refractivity contribution in [3.63, 3.8) is 0 Å². The molecule has 0 radical (unpaired) electrons. The van der Waals surface area contributed by atoms with Crippen LogP contribution in [0.3, 0.4) is 0 Å². The van der Waals surface area contributed by atoms with Gasteiger partial charge in [0.25, 0.3) is 0 Å². The highest BCUT2D eigenvalue weighted by molar-refractivity contribution is 5.83. The van der Waals surface area contributed by atoms with Crippen molar-refractivity contribution in [3.05, 3.63) is 12.2 Å². The minimum Gasteiger partial charge on any atom is -0.480 e. The summed E-state index contributed by atoms with van der Waals surface area (Å²) in [6.07, 6.45) is 1.72. The second-order valence-electron chi connectivity index (χ2n) is 4.56. The molecule has 0 aromatic heterocycles. The molecule has 0 aliphatic heterocycles. The minimum atomic E-state index is -0.980. The van der Waals surface area contributed by atoms with Gasteiger partial charge in [-0.25, -0.2) is 9.59 Å². The predicted molar refractivity (Wildman–Crippen MR) is 66.3 cm³/mol. The van der Waals surface area contributed by atoms with E-state index in [4.69, 9.17) is 9.84 Å². The summed E-state index contributed by atoms with van der Waals surface area (Å²) in [6, 6.07) is -1.24. The summed E-state index contributed by atoms with van der Waals surface area (Å²) in [6.45, 7) is 6.72. The molecule has 1 aliphatic rings. The van der Waals surface area contributed by atoms with Gasteiger partial charge < -0.3 is 20.5 Å². The van der Waals surface area contributed by atoms with Crippen LogP contribution in [0.25, 0.3) is 0 Å². The first-order valence-electron chi connectivity index (χ1n) is 6.00. The molecule has 3 N–H and O–H groups in total. The van der Waals surface area contributed by atoms with E-state index in [1.54, 1.807) is 0 Å². The molecule has 102 valence electrons. The zero-order valence-corrected chi connectivity index (χ0v) is 10.6. The Labute approximate surface area is 106 Å². The predicted octanol–water partition coefficient (Wildman–Crippen LogP) is 0.742. The van der Waals surface area contributed by atoms with Crippen molar-refractivity contribution in [3.8, 4) is 0 Å². The van der Waals surface area contributed by atoms with E-state index in [1.807, 2.05) is 6.92 Å². The largest absolute Gasteiger partial charge is 0.480 e. The van der Waals surface area contributed by atoms with Gasteiger partial charge in [-0.3, -0.25) is 0 Å². The lowest BCUT2D eigenvalue weighted by atomic mass is 10.2.